The maximum absolute atomic E-state index is 13.6. The van der Waals surface area contributed by atoms with E-state index in [1.54, 1.807) is 0 Å². The Kier molecular flexibility index (Phi) is 8.45. The zero-order valence-electron chi connectivity index (χ0n) is 20.0. The van der Waals surface area contributed by atoms with E-state index in [2.05, 4.69) is 0 Å². The van der Waals surface area contributed by atoms with Gasteiger partial charge in [-0.25, -0.2) is 0 Å². The zero-order chi connectivity index (χ0) is 31.3. The number of aromatic nitrogens is 1. The van der Waals surface area contributed by atoms with Crippen molar-refractivity contribution in [3.63, 3.8) is 0 Å². The Morgan fingerprint density at radius 2 is 0.805 bits per heavy atom. The van der Waals surface area contributed by atoms with Crippen LogP contribution in [0.3, 0.4) is 0 Å². The summed E-state index contributed by atoms with van der Waals surface area (Å²) in [5, 5.41) is -2.01. The van der Waals surface area contributed by atoms with Crippen LogP contribution in [-0.2, 0) is 37.4 Å². The molecule has 3 rings (SSSR count). The minimum absolute atomic E-state index is 0.117. The van der Waals surface area contributed by atoms with Gasteiger partial charge < -0.3 is 0 Å². The molecule has 3 aromatic rings. The highest BCUT2D eigenvalue weighted by molar-refractivity contribution is 7.79. The Labute approximate surface area is 222 Å². The van der Waals surface area contributed by atoms with Crippen molar-refractivity contribution in [1.82, 2.24) is 0 Å². The SMILES string of the molecule is CC[n+]1cc(C(F)(F)F)ccc1P(c1cc(C(F)(F)F)cc(C(F)(F)F)c1)c1cc(C(F)(F)F)cc(C(F)(F)F)c1. The lowest BCUT2D eigenvalue weighted by molar-refractivity contribution is -0.676. The molecule has 0 amide bonds. The molecular formula is C24H14F15NP+. The van der Waals surface area contributed by atoms with Crippen LogP contribution in [0.15, 0.2) is 54.7 Å². The fraction of sp³-hybridized carbons (Fsp3) is 0.292. The summed E-state index contributed by atoms with van der Waals surface area (Å²) in [4.78, 5) is 0. The first-order valence-electron chi connectivity index (χ1n) is 10.9. The van der Waals surface area contributed by atoms with Gasteiger partial charge in [0.1, 0.15) is 12.1 Å². The summed E-state index contributed by atoms with van der Waals surface area (Å²) in [6.45, 7) is 0.770. The second-order valence-corrected chi connectivity index (χ2v) is 10.6. The first kappa shape index (κ1) is 32.5. The van der Waals surface area contributed by atoms with E-state index >= 15 is 0 Å². The van der Waals surface area contributed by atoms with Crippen molar-refractivity contribution < 1.29 is 70.4 Å². The minimum atomic E-state index is -5.44. The van der Waals surface area contributed by atoms with Crippen molar-refractivity contribution in [2.45, 2.75) is 44.3 Å². The predicted molar refractivity (Wildman–Crippen MR) is 116 cm³/mol. The van der Waals surface area contributed by atoms with Crippen LogP contribution in [0.2, 0.25) is 0 Å². The molecule has 0 N–H and O–H groups in total. The quantitative estimate of drug-likeness (QED) is 0.157. The molecule has 0 aliphatic heterocycles. The lowest BCUT2D eigenvalue weighted by atomic mass is 10.1. The molecule has 2 aromatic carbocycles. The molecule has 0 aliphatic rings. The topological polar surface area (TPSA) is 3.88 Å². The first-order chi connectivity index (χ1) is 18.4. The van der Waals surface area contributed by atoms with Crippen molar-refractivity contribution in [2.24, 2.45) is 0 Å². The lowest BCUT2D eigenvalue weighted by Gasteiger charge is -2.23. The molecule has 17 heteroatoms. The Morgan fingerprint density at radius 1 is 0.488 bits per heavy atom. The van der Waals surface area contributed by atoms with Gasteiger partial charge in [-0.15, -0.1) is 0 Å². The summed E-state index contributed by atoms with van der Waals surface area (Å²) >= 11 is 0. The van der Waals surface area contributed by atoms with Crippen LogP contribution in [0.25, 0.3) is 0 Å². The molecule has 1 aromatic heterocycles. The van der Waals surface area contributed by atoms with Crippen LogP contribution in [0.5, 0.6) is 0 Å². The van der Waals surface area contributed by atoms with E-state index in [4.69, 9.17) is 0 Å². The van der Waals surface area contributed by atoms with Gasteiger partial charge in [0.05, 0.1) is 30.2 Å². The molecule has 0 fully saturated rings. The summed E-state index contributed by atoms with van der Waals surface area (Å²) < 4.78 is 204. The Morgan fingerprint density at radius 3 is 1.07 bits per heavy atom. The predicted octanol–water partition coefficient (Wildman–Crippen LogP) is 7.85. The normalized spacial score (nSPS) is 13.7. The fourth-order valence-electron chi connectivity index (χ4n) is 3.71. The van der Waals surface area contributed by atoms with Gasteiger partial charge in [0.15, 0.2) is 6.20 Å². The zero-order valence-corrected chi connectivity index (χ0v) is 20.9. The van der Waals surface area contributed by atoms with Gasteiger partial charge >= 0.3 is 30.9 Å². The third-order valence-corrected chi connectivity index (χ3v) is 7.97. The fourth-order valence-corrected chi connectivity index (χ4v) is 6.29. The van der Waals surface area contributed by atoms with Crippen LogP contribution >= 0.6 is 7.92 Å². The number of nitrogens with zero attached hydrogens (tertiary/aromatic N) is 1. The molecule has 0 atom stereocenters. The second kappa shape index (κ2) is 10.7. The number of pyridine rings is 1. The van der Waals surface area contributed by atoms with Crippen molar-refractivity contribution >= 4 is 24.0 Å². The summed E-state index contributed by atoms with van der Waals surface area (Å²) in [5.41, 5.74) is -9.57. The monoisotopic (exact) mass is 632 g/mol. The van der Waals surface area contributed by atoms with E-state index in [-0.39, 0.29) is 36.4 Å². The van der Waals surface area contributed by atoms with E-state index in [1.807, 2.05) is 0 Å². The number of hydrogen-bond acceptors (Lipinski definition) is 0. The van der Waals surface area contributed by atoms with Crippen molar-refractivity contribution in [3.8, 4) is 0 Å². The number of benzene rings is 2. The Bertz CT molecular complexity index is 1270. The molecular weight excluding hydrogens is 618 g/mol. The van der Waals surface area contributed by atoms with Gasteiger partial charge in [-0.3, -0.25) is 0 Å². The molecule has 224 valence electrons. The van der Waals surface area contributed by atoms with Crippen molar-refractivity contribution in [2.75, 3.05) is 0 Å². The van der Waals surface area contributed by atoms with Gasteiger partial charge in [0.2, 0.25) is 5.44 Å². The summed E-state index contributed by atoms with van der Waals surface area (Å²) in [5.74, 6) is 0. The van der Waals surface area contributed by atoms with Crippen LogP contribution < -0.4 is 20.6 Å². The van der Waals surface area contributed by atoms with Crippen LogP contribution in [-0.4, -0.2) is 0 Å². The molecule has 1 heterocycles. The molecule has 0 unspecified atom stereocenters. The highest BCUT2D eigenvalue weighted by atomic mass is 31.1. The van der Waals surface area contributed by atoms with Crippen molar-refractivity contribution in [3.05, 3.63) is 82.5 Å². The van der Waals surface area contributed by atoms with Gasteiger partial charge in [0, 0.05) is 6.07 Å². The molecule has 0 bridgehead atoms. The number of hydrogen-bond donors (Lipinski definition) is 0. The third kappa shape index (κ3) is 7.44. The van der Waals surface area contributed by atoms with E-state index < -0.39 is 89.2 Å². The largest absolute Gasteiger partial charge is 0.422 e. The smallest absolute Gasteiger partial charge is 0.198 e. The van der Waals surface area contributed by atoms with E-state index in [0.29, 0.717) is 22.9 Å². The maximum atomic E-state index is 13.6. The molecule has 41 heavy (non-hydrogen) atoms. The molecule has 0 saturated heterocycles. The number of aryl methyl sites for hydroxylation is 1. The van der Waals surface area contributed by atoms with Crippen LogP contribution in [0.1, 0.15) is 34.7 Å². The highest BCUT2D eigenvalue weighted by Crippen LogP contribution is 2.42. The number of alkyl halides is 15. The lowest BCUT2D eigenvalue weighted by Crippen LogP contribution is -2.50. The average Bonchev–Trinajstić information content (AvgIpc) is 2.81. The Balaban J connectivity index is 2.52. The first-order valence-corrected chi connectivity index (χ1v) is 12.3. The summed E-state index contributed by atoms with van der Waals surface area (Å²) in [7, 11) is -3.18. The molecule has 0 radical (unpaired) electrons. The standard InChI is InChI=1S/C24H14F15NP/c1-2-40-11-12(20(25,26)27)3-4-19(40)41(17-7-13(21(28,29)30)5-14(8-17)22(31,32)33)18-9-15(23(34,35)36)6-16(10-18)24(37,38)39/h3-11H,2H2,1H3/q+1. The van der Waals surface area contributed by atoms with Crippen molar-refractivity contribution in [1.29, 1.82) is 0 Å². The second-order valence-electron chi connectivity index (χ2n) is 8.42. The molecule has 0 aliphatic carbocycles. The average molecular weight is 632 g/mol. The van der Waals surface area contributed by atoms with E-state index in [9.17, 15) is 65.9 Å². The number of halogens is 15. The van der Waals surface area contributed by atoms with Gasteiger partial charge in [-0.2, -0.15) is 70.4 Å². The Hall–Kier alpha value is -3.03. The highest BCUT2D eigenvalue weighted by Gasteiger charge is 2.42. The van der Waals surface area contributed by atoms with E-state index in [0.717, 1.165) is 0 Å². The third-order valence-electron chi connectivity index (χ3n) is 5.56. The van der Waals surface area contributed by atoms with Gasteiger partial charge in [-0.1, -0.05) is 0 Å². The van der Waals surface area contributed by atoms with Gasteiger partial charge in [0.25, 0.3) is 0 Å². The minimum Gasteiger partial charge on any atom is -0.198 e. The molecule has 1 nitrogen and oxygen atoms in total. The van der Waals surface area contributed by atoms with Crippen LogP contribution in [0.4, 0.5) is 65.9 Å². The van der Waals surface area contributed by atoms with E-state index in [1.165, 1.54) is 6.92 Å². The van der Waals surface area contributed by atoms with Gasteiger partial charge in [-0.05, 0) is 60.0 Å². The number of rotatable bonds is 4. The maximum Gasteiger partial charge on any atom is 0.422 e. The summed E-state index contributed by atoms with van der Waals surface area (Å²) in [6, 6.07) is 0.832. The molecule has 0 saturated carbocycles. The van der Waals surface area contributed by atoms with Crippen LogP contribution in [0, 0.1) is 0 Å². The molecule has 0 spiro atoms. The summed E-state index contributed by atoms with van der Waals surface area (Å²) in [6.07, 6.45) is -26.4.